The Morgan fingerprint density at radius 1 is 1.10 bits per heavy atom. The molecule has 0 aliphatic carbocycles. The number of hydrogen-bond donors (Lipinski definition) is 2. The van der Waals surface area contributed by atoms with E-state index in [0.29, 0.717) is 11.3 Å². The SMILES string of the molecule is O=C(O)c1ccc(COc2ccccc2/C=N/Nc2ccc(C(F)(F)F)cn2)cc1. The van der Waals surface area contributed by atoms with Crippen molar-refractivity contribution >= 4 is 18.0 Å². The van der Waals surface area contributed by atoms with E-state index in [-0.39, 0.29) is 18.0 Å². The zero-order valence-corrected chi connectivity index (χ0v) is 15.4. The Morgan fingerprint density at radius 2 is 1.83 bits per heavy atom. The summed E-state index contributed by atoms with van der Waals surface area (Å²) in [5.41, 5.74) is 3.35. The molecule has 0 saturated carbocycles. The fraction of sp³-hybridized carbons (Fsp3) is 0.0952. The quantitative estimate of drug-likeness (QED) is 0.427. The number of hydrogen-bond acceptors (Lipinski definition) is 5. The summed E-state index contributed by atoms with van der Waals surface area (Å²) < 4.78 is 43.4. The molecule has 30 heavy (non-hydrogen) atoms. The molecule has 0 aliphatic rings. The smallest absolute Gasteiger partial charge is 0.417 e. The lowest BCUT2D eigenvalue weighted by molar-refractivity contribution is -0.137. The summed E-state index contributed by atoms with van der Waals surface area (Å²) in [6.45, 7) is 0.221. The van der Waals surface area contributed by atoms with Crippen molar-refractivity contribution in [2.24, 2.45) is 5.10 Å². The number of aromatic nitrogens is 1. The van der Waals surface area contributed by atoms with Crippen molar-refractivity contribution < 1.29 is 27.8 Å². The van der Waals surface area contributed by atoms with E-state index in [1.54, 1.807) is 36.4 Å². The van der Waals surface area contributed by atoms with Gasteiger partial charge in [0.05, 0.1) is 17.3 Å². The Balaban J connectivity index is 1.62. The molecule has 6 nitrogen and oxygen atoms in total. The number of nitrogens with zero attached hydrogens (tertiary/aromatic N) is 2. The van der Waals surface area contributed by atoms with Crippen LogP contribution in [0.2, 0.25) is 0 Å². The number of alkyl halides is 3. The monoisotopic (exact) mass is 415 g/mol. The average molecular weight is 415 g/mol. The molecule has 0 atom stereocenters. The van der Waals surface area contributed by atoms with Gasteiger partial charge in [-0.2, -0.15) is 18.3 Å². The molecule has 0 aliphatic heterocycles. The zero-order valence-electron chi connectivity index (χ0n) is 15.4. The van der Waals surface area contributed by atoms with Gasteiger partial charge in [-0.1, -0.05) is 24.3 Å². The highest BCUT2D eigenvalue weighted by atomic mass is 19.4. The summed E-state index contributed by atoms with van der Waals surface area (Å²) in [6, 6.07) is 15.5. The molecule has 2 aromatic carbocycles. The first-order valence-corrected chi connectivity index (χ1v) is 8.69. The molecular weight excluding hydrogens is 399 g/mol. The summed E-state index contributed by atoms with van der Waals surface area (Å²) in [7, 11) is 0. The Hall–Kier alpha value is -3.88. The number of aromatic carboxylic acids is 1. The number of ether oxygens (including phenoxy) is 1. The van der Waals surface area contributed by atoms with Crippen molar-refractivity contribution in [3.63, 3.8) is 0 Å². The highest BCUT2D eigenvalue weighted by Crippen LogP contribution is 2.28. The standard InChI is InChI=1S/C21H16F3N3O3/c22-21(23,24)17-9-10-19(25-12-17)27-26-11-16-3-1-2-4-18(16)30-13-14-5-7-15(8-6-14)20(28)29/h1-12H,13H2,(H,25,27)(H,28,29)/b26-11+. The molecule has 0 unspecified atom stereocenters. The van der Waals surface area contributed by atoms with Gasteiger partial charge in [0.25, 0.3) is 0 Å². The van der Waals surface area contributed by atoms with E-state index in [0.717, 1.165) is 17.8 Å². The minimum absolute atomic E-state index is 0.163. The number of para-hydroxylation sites is 1. The molecule has 3 aromatic rings. The maximum absolute atomic E-state index is 12.6. The van der Waals surface area contributed by atoms with Crippen LogP contribution in [0.25, 0.3) is 0 Å². The molecule has 0 spiro atoms. The third kappa shape index (κ3) is 5.57. The van der Waals surface area contributed by atoms with Gasteiger partial charge in [0.1, 0.15) is 18.2 Å². The summed E-state index contributed by atoms with van der Waals surface area (Å²) in [5.74, 6) is -0.305. The first kappa shape index (κ1) is 20.8. The number of halogens is 3. The number of nitrogens with one attached hydrogen (secondary N) is 1. The molecule has 0 amide bonds. The van der Waals surface area contributed by atoms with Crippen LogP contribution in [-0.4, -0.2) is 22.3 Å². The van der Waals surface area contributed by atoms with Crippen LogP contribution in [0.4, 0.5) is 19.0 Å². The van der Waals surface area contributed by atoms with Gasteiger partial charge < -0.3 is 9.84 Å². The topological polar surface area (TPSA) is 83.8 Å². The van der Waals surface area contributed by atoms with E-state index in [2.05, 4.69) is 15.5 Å². The van der Waals surface area contributed by atoms with Crippen LogP contribution in [0.3, 0.4) is 0 Å². The minimum Gasteiger partial charge on any atom is -0.488 e. The lowest BCUT2D eigenvalue weighted by Crippen LogP contribution is -2.05. The molecule has 0 radical (unpaired) electrons. The minimum atomic E-state index is -4.45. The molecular formula is C21H16F3N3O3. The van der Waals surface area contributed by atoms with Crippen molar-refractivity contribution in [3.05, 3.63) is 89.1 Å². The van der Waals surface area contributed by atoms with Crippen LogP contribution in [0, 0.1) is 0 Å². The van der Waals surface area contributed by atoms with Crippen molar-refractivity contribution in [2.75, 3.05) is 5.43 Å². The number of pyridine rings is 1. The van der Waals surface area contributed by atoms with Crippen molar-refractivity contribution in [1.29, 1.82) is 0 Å². The fourth-order valence-corrected chi connectivity index (χ4v) is 2.42. The average Bonchev–Trinajstić information content (AvgIpc) is 2.73. The summed E-state index contributed by atoms with van der Waals surface area (Å²) in [6.07, 6.45) is -2.26. The first-order chi connectivity index (χ1) is 14.3. The maximum Gasteiger partial charge on any atom is 0.417 e. The van der Waals surface area contributed by atoms with E-state index < -0.39 is 17.7 Å². The number of carboxylic acids is 1. The van der Waals surface area contributed by atoms with Gasteiger partial charge in [-0.05, 0) is 42.0 Å². The van der Waals surface area contributed by atoms with E-state index in [9.17, 15) is 18.0 Å². The Bertz CT molecular complexity index is 1030. The van der Waals surface area contributed by atoms with Crippen molar-refractivity contribution in [1.82, 2.24) is 4.98 Å². The van der Waals surface area contributed by atoms with Crippen LogP contribution in [0.1, 0.15) is 27.0 Å². The summed E-state index contributed by atoms with van der Waals surface area (Å²) in [5, 5.41) is 12.9. The molecule has 3 rings (SSSR count). The third-order valence-corrected chi connectivity index (χ3v) is 3.99. The van der Waals surface area contributed by atoms with Gasteiger partial charge in [-0.25, -0.2) is 9.78 Å². The van der Waals surface area contributed by atoms with E-state index >= 15 is 0 Å². The van der Waals surface area contributed by atoms with Gasteiger partial charge in [0, 0.05) is 11.8 Å². The Kier molecular flexibility index (Phi) is 6.31. The largest absolute Gasteiger partial charge is 0.488 e. The second-order valence-corrected chi connectivity index (χ2v) is 6.13. The first-order valence-electron chi connectivity index (χ1n) is 8.69. The second kappa shape index (κ2) is 9.08. The van der Waals surface area contributed by atoms with Crippen LogP contribution < -0.4 is 10.2 Å². The van der Waals surface area contributed by atoms with Gasteiger partial charge in [0.15, 0.2) is 0 Å². The molecule has 154 valence electrons. The van der Waals surface area contributed by atoms with Crippen LogP contribution in [0.5, 0.6) is 5.75 Å². The van der Waals surface area contributed by atoms with Gasteiger partial charge in [-0.3, -0.25) is 5.43 Å². The Labute approximate surface area is 169 Å². The molecule has 0 fully saturated rings. The van der Waals surface area contributed by atoms with Crippen LogP contribution in [-0.2, 0) is 12.8 Å². The maximum atomic E-state index is 12.6. The lowest BCUT2D eigenvalue weighted by Gasteiger charge is -2.09. The number of benzene rings is 2. The predicted molar refractivity (Wildman–Crippen MR) is 105 cm³/mol. The number of rotatable bonds is 7. The number of hydrazone groups is 1. The Morgan fingerprint density at radius 3 is 2.47 bits per heavy atom. The highest BCUT2D eigenvalue weighted by Gasteiger charge is 2.30. The molecule has 1 aromatic heterocycles. The molecule has 0 bridgehead atoms. The fourth-order valence-electron chi connectivity index (χ4n) is 2.42. The van der Waals surface area contributed by atoms with Crippen molar-refractivity contribution in [2.45, 2.75) is 12.8 Å². The summed E-state index contributed by atoms with van der Waals surface area (Å²) >= 11 is 0. The third-order valence-electron chi connectivity index (χ3n) is 3.99. The molecule has 9 heteroatoms. The molecule has 1 heterocycles. The zero-order chi connectivity index (χ0) is 21.6. The van der Waals surface area contributed by atoms with E-state index in [1.165, 1.54) is 24.4 Å². The normalized spacial score (nSPS) is 11.4. The lowest BCUT2D eigenvalue weighted by atomic mass is 10.1. The van der Waals surface area contributed by atoms with Crippen LogP contribution in [0.15, 0.2) is 72.0 Å². The number of carboxylic acid groups (broad SMARTS) is 1. The van der Waals surface area contributed by atoms with E-state index in [4.69, 9.17) is 9.84 Å². The van der Waals surface area contributed by atoms with Gasteiger partial charge >= 0.3 is 12.1 Å². The van der Waals surface area contributed by atoms with Crippen LogP contribution >= 0.6 is 0 Å². The second-order valence-electron chi connectivity index (χ2n) is 6.13. The number of anilines is 1. The predicted octanol–water partition coefficient (Wildman–Crippen LogP) is 4.82. The van der Waals surface area contributed by atoms with Gasteiger partial charge in [-0.15, -0.1) is 0 Å². The molecule has 0 saturated heterocycles. The van der Waals surface area contributed by atoms with Gasteiger partial charge in [0.2, 0.25) is 0 Å². The summed E-state index contributed by atoms with van der Waals surface area (Å²) in [4.78, 5) is 14.6. The highest BCUT2D eigenvalue weighted by molar-refractivity contribution is 5.87. The molecule has 2 N–H and O–H groups in total. The van der Waals surface area contributed by atoms with E-state index in [1.807, 2.05) is 0 Å². The number of carbonyl (C=O) groups is 1. The van der Waals surface area contributed by atoms with Crippen molar-refractivity contribution in [3.8, 4) is 5.75 Å².